The number of ether oxygens (including phenoxy) is 1. The Labute approximate surface area is 93.4 Å². The van der Waals surface area contributed by atoms with Crippen molar-refractivity contribution < 1.29 is 13.9 Å². The van der Waals surface area contributed by atoms with Gasteiger partial charge in [-0.2, -0.15) is 0 Å². The van der Waals surface area contributed by atoms with Crippen molar-refractivity contribution >= 4 is 5.78 Å². The predicted octanol–water partition coefficient (Wildman–Crippen LogP) is 1.52. The zero-order valence-electron chi connectivity index (χ0n) is 8.91. The Balaban J connectivity index is 2.24. The summed E-state index contributed by atoms with van der Waals surface area (Å²) < 4.78 is 18.2. The van der Waals surface area contributed by atoms with Crippen LogP contribution < -0.4 is 5.73 Å². The molecule has 0 aliphatic carbocycles. The number of halogens is 1. The maximum atomic E-state index is 13.0. The molecule has 0 atom stereocenters. The highest BCUT2D eigenvalue weighted by Gasteiger charge is 2.36. The highest BCUT2D eigenvalue weighted by atomic mass is 19.1. The van der Waals surface area contributed by atoms with E-state index in [-0.39, 0.29) is 5.78 Å². The van der Waals surface area contributed by atoms with Gasteiger partial charge in [-0.15, -0.1) is 0 Å². The van der Waals surface area contributed by atoms with Gasteiger partial charge in [0.05, 0.1) is 5.54 Å². The van der Waals surface area contributed by atoms with Crippen LogP contribution in [0.5, 0.6) is 0 Å². The molecule has 16 heavy (non-hydrogen) atoms. The maximum Gasteiger partial charge on any atom is 0.182 e. The Morgan fingerprint density at radius 3 is 2.69 bits per heavy atom. The summed E-state index contributed by atoms with van der Waals surface area (Å²) in [6, 6.07) is 5.65. The van der Waals surface area contributed by atoms with Crippen molar-refractivity contribution in [2.45, 2.75) is 18.4 Å². The first-order chi connectivity index (χ1) is 7.62. The minimum atomic E-state index is -0.897. The highest BCUT2D eigenvalue weighted by molar-refractivity contribution is 6.03. The Kier molecular flexibility index (Phi) is 3.03. The van der Waals surface area contributed by atoms with E-state index >= 15 is 0 Å². The lowest BCUT2D eigenvalue weighted by Gasteiger charge is -2.31. The van der Waals surface area contributed by atoms with Crippen LogP contribution in [-0.2, 0) is 4.74 Å². The van der Waals surface area contributed by atoms with E-state index in [9.17, 15) is 9.18 Å². The minimum absolute atomic E-state index is 0.199. The number of benzene rings is 1. The summed E-state index contributed by atoms with van der Waals surface area (Å²) in [5.74, 6) is -0.614. The maximum absolute atomic E-state index is 13.0. The van der Waals surface area contributed by atoms with E-state index in [4.69, 9.17) is 10.5 Å². The molecule has 3 nitrogen and oxygen atoms in total. The third-order valence-electron chi connectivity index (χ3n) is 2.92. The van der Waals surface area contributed by atoms with E-state index in [1.807, 2.05) is 0 Å². The van der Waals surface area contributed by atoms with Crippen LogP contribution in [0.3, 0.4) is 0 Å². The summed E-state index contributed by atoms with van der Waals surface area (Å²) >= 11 is 0. The van der Waals surface area contributed by atoms with Gasteiger partial charge in [-0.3, -0.25) is 4.79 Å². The lowest BCUT2D eigenvalue weighted by Crippen LogP contribution is -2.51. The van der Waals surface area contributed by atoms with Crippen molar-refractivity contribution in [3.8, 4) is 0 Å². The minimum Gasteiger partial charge on any atom is -0.381 e. The van der Waals surface area contributed by atoms with Crippen molar-refractivity contribution in [2.75, 3.05) is 13.2 Å². The Hall–Kier alpha value is -1.26. The van der Waals surface area contributed by atoms with Gasteiger partial charge in [0.2, 0.25) is 0 Å². The number of hydrogen-bond acceptors (Lipinski definition) is 3. The lowest BCUT2D eigenvalue weighted by atomic mass is 9.83. The van der Waals surface area contributed by atoms with Crippen molar-refractivity contribution in [3.63, 3.8) is 0 Å². The van der Waals surface area contributed by atoms with E-state index in [1.54, 1.807) is 6.07 Å². The summed E-state index contributed by atoms with van der Waals surface area (Å²) in [6.45, 7) is 0.967. The molecule has 1 heterocycles. The molecule has 1 aliphatic heterocycles. The van der Waals surface area contributed by atoms with E-state index in [1.165, 1.54) is 18.2 Å². The molecule has 1 aromatic rings. The smallest absolute Gasteiger partial charge is 0.182 e. The normalized spacial score (nSPS) is 19.4. The molecule has 0 unspecified atom stereocenters. The first-order valence-corrected chi connectivity index (χ1v) is 5.29. The van der Waals surface area contributed by atoms with Crippen LogP contribution >= 0.6 is 0 Å². The molecule has 4 heteroatoms. The number of nitrogens with two attached hydrogens (primary N) is 1. The van der Waals surface area contributed by atoms with Crippen molar-refractivity contribution in [1.82, 2.24) is 0 Å². The van der Waals surface area contributed by atoms with Crippen LogP contribution in [0.4, 0.5) is 4.39 Å². The number of carbonyl (C=O) groups is 1. The third-order valence-corrected chi connectivity index (χ3v) is 2.92. The van der Waals surface area contributed by atoms with Crippen molar-refractivity contribution in [1.29, 1.82) is 0 Å². The molecule has 0 saturated carbocycles. The topological polar surface area (TPSA) is 52.3 Å². The van der Waals surface area contributed by atoms with Gasteiger partial charge in [0.25, 0.3) is 0 Å². The summed E-state index contributed by atoms with van der Waals surface area (Å²) in [5, 5.41) is 0. The average Bonchev–Trinajstić information content (AvgIpc) is 2.29. The Morgan fingerprint density at radius 1 is 1.38 bits per heavy atom. The molecule has 0 radical (unpaired) electrons. The van der Waals surface area contributed by atoms with Crippen molar-refractivity contribution in [3.05, 3.63) is 35.6 Å². The molecule has 1 aliphatic rings. The van der Waals surface area contributed by atoms with Crippen LogP contribution in [-0.4, -0.2) is 24.5 Å². The fraction of sp³-hybridized carbons (Fsp3) is 0.417. The largest absolute Gasteiger partial charge is 0.381 e. The molecule has 2 N–H and O–H groups in total. The zero-order valence-corrected chi connectivity index (χ0v) is 8.91. The number of rotatable bonds is 2. The quantitative estimate of drug-likeness (QED) is 0.773. The SMILES string of the molecule is NC1(C(=O)c2cccc(F)c2)CCOCC1. The number of carbonyl (C=O) groups excluding carboxylic acids is 1. The standard InChI is InChI=1S/C12H14FNO2/c13-10-3-1-2-9(8-10)11(15)12(14)4-6-16-7-5-12/h1-3,8H,4-7,14H2. The van der Waals surface area contributed by atoms with Gasteiger partial charge in [0, 0.05) is 18.8 Å². The molecule has 0 spiro atoms. The van der Waals surface area contributed by atoms with Gasteiger partial charge in [-0.1, -0.05) is 12.1 Å². The molecule has 0 aromatic heterocycles. The van der Waals surface area contributed by atoms with Crippen LogP contribution in [0.2, 0.25) is 0 Å². The second-order valence-corrected chi connectivity index (χ2v) is 4.11. The summed E-state index contributed by atoms with van der Waals surface area (Å²) in [7, 11) is 0. The van der Waals surface area contributed by atoms with E-state index in [0.717, 1.165) is 0 Å². The monoisotopic (exact) mass is 223 g/mol. The lowest BCUT2D eigenvalue weighted by molar-refractivity contribution is 0.0447. The predicted molar refractivity (Wildman–Crippen MR) is 57.7 cm³/mol. The number of hydrogen-bond donors (Lipinski definition) is 1. The summed E-state index contributed by atoms with van der Waals surface area (Å²) in [5.41, 5.74) is 5.47. The molecule has 0 amide bonds. The first kappa shape index (κ1) is 11.2. The van der Waals surface area contributed by atoms with Gasteiger partial charge in [0.15, 0.2) is 5.78 Å². The highest BCUT2D eigenvalue weighted by Crippen LogP contribution is 2.22. The first-order valence-electron chi connectivity index (χ1n) is 5.29. The average molecular weight is 223 g/mol. The van der Waals surface area contributed by atoms with E-state index in [2.05, 4.69) is 0 Å². The van der Waals surface area contributed by atoms with Gasteiger partial charge in [-0.05, 0) is 25.0 Å². The van der Waals surface area contributed by atoms with Crippen molar-refractivity contribution in [2.24, 2.45) is 5.73 Å². The van der Waals surface area contributed by atoms with Crippen LogP contribution in [0.15, 0.2) is 24.3 Å². The second-order valence-electron chi connectivity index (χ2n) is 4.11. The summed E-state index contributed by atoms with van der Waals surface area (Å²) in [6.07, 6.45) is 0.977. The Morgan fingerprint density at radius 2 is 2.06 bits per heavy atom. The zero-order chi connectivity index (χ0) is 11.6. The molecular formula is C12H14FNO2. The third kappa shape index (κ3) is 2.13. The molecule has 1 saturated heterocycles. The van der Waals surface area contributed by atoms with E-state index < -0.39 is 11.4 Å². The van der Waals surface area contributed by atoms with Crippen LogP contribution in [0.1, 0.15) is 23.2 Å². The molecule has 0 bridgehead atoms. The summed E-state index contributed by atoms with van der Waals surface area (Å²) in [4.78, 5) is 12.1. The second kappa shape index (κ2) is 4.31. The molecule has 1 fully saturated rings. The van der Waals surface area contributed by atoms with Crippen LogP contribution in [0.25, 0.3) is 0 Å². The van der Waals surface area contributed by atoms with Crippen LogP contribution in [0, 0.1) is 5.82 Å². The number of Topliss-reactive ketones (excluding diaryl/α,β-unsaturated/α-hetero) is 1. The van der Waals surface area contributed by atoms with Gasteiger partial charge >= 0.3 is 0 Å². The Bertz CT molecular complexity index is 400. The fourth-order valence-corrected chi connectivity index (χ4v) is 1.88. The molecular weight excluding hydrogens is 209 g/mol. The van der Waals surface area contributed by atoms with Gasteiger partial charge in [-0.25, -0.2) is 4.39 Å². The van der Waals surface area contributed by atoms with Gasteiger partial charge < -0.3 is 10.5 Å². The molecule has 2 rings (SSSR count). The van der Waals surface area contributed by atoms with E-state index in [0.29, 0.717) is 31.6 Å². The fourth-order valence-electron chi connectivity index (χ4n) is 1.88. The van der Waals surface area contributed by atoms with Gasteiger partial charge in [0.1, 0.15) is 5.82 Å². The molecule has 1 aromatic carbocycles. The molecule has 86 valence electrons. The number of ketones is 1.